The minimum Gasteiger partial charge on any atom is -0.744 e. The van der Waals surface area contributed by atoms with Crippen molar-refractivity contribution in [3.63, 3.8) is 0 Å². The fraction of sp³-hybridized carbons (Fsp3) is 0.323. The molecule has 15 heteroatoms. The Hall–Kier alpha value is -4.34. The lowest BCUT2D eigenvalue weighted by molar-refractivity contribution is -0.167. The summed E-state index contributed by atoms with van der Waals surface area (Å²) in [6.07, 6.45) is -4.51. The van der Waals surface area contributed by atoms with Gasteiger partial charge in [0.25, 0.3) is 0 Å². The number of rotatable bonds is 5. The van der Waals surface area contributed by atoms with Crippen molar-refractivity contribution in [1.82, 2.24) is 0 Å². The summed E-state index contributed by atoms with van der Waals surface area (Å²) in [6, 6.07) is 15.5. The van der Waals surface area contributed by atoms with Crippen LogP contribution in [0.1, 0.15) is 40.5 Å². The summed E-state index contributed by atoms with van der Waals surface area (Å²) in [5.41, 5.74) is 4.14. The van der Waals surface area contributed by atoms with Crippen molar-refractivity contribution in [3.8, 4) is 5.75 Å². The Morgan fingerprint density at radius 1 is 0.804 bits per heavy atom. The van der Waals surface area contributed by atoms with E-state index in [4.69, 9.17) is 14.2 Å². The highest BCUT2D eigenvalue weighted by molar-refractivity contribution is 7.85. The summed E-state index contributed by atoms with van der Waals surface area (Å²) in [5, 5.41) is 0. The summed E-state index contributed by atoms with van der Waals surface area (Å²) in [5.74, 6) is -19.4. The van der Waals surface area contributed by atoms with Gasteiger partial charge in [0, 0.05) is 11.8 Å². The molecular weight excluding hydrogens is 640 g/mol. The maximum absolute atomic E-state index is 14.6. The average Bonchev–Trinajstić information content (AvgIpc) is 3.65. The zero-order valence-electron chi connectivity index (χ0n) is 23.0. The van der Waals surface area contributed by atoms with Crippen molar-refractivity contribution in [2.75, 3.05) is 0 Å². The second kappa shape index (κ2) is 9.83. The molecule has 0 saturated carbocycles. The number of carbonyl (C=O) groups excluding carboxylic acids is 3. The summed E-state index contributed by atoms with van der Waals surface area (Å²) in [7, 11) is -6.01. The molecule has 0 amide bonds. The molecule has 0 N–H and O–H groups in total. The highest BCUT2D eigenvalue weighted by Crippen LogP contribution is 2.57. The Morgan fingerprint density at radius 2 is 1.37 bits per heavy atom. The van der Waals surface area contributed by atoms with Crippen LogP contribution in [-0.2, 0) is 38.7 Å². The lowest BCUT2D eigenvalue weighted by atomic mass is 9.59. The highest BCUT2D eigenvalue weighted by Gasteiger charge is 2.72. The third-order valence-corrected chi connectivity index (χ3v) is 10.5. The Bertz CT molecular complexity index is 1920. The van der Waals surface area contributed by atoms with Gasteiger partial charge in [0.15, 0.2) is 23.8 Å². The smallest absolute Gasteiger partial charge is 0.318 e. The Balaban J connectivity index is 1.08. The molecule has 3 aliphatic heterocycles. The average molecular weight is 660 g/mol. The number of esters is 3. The number of fused-ring (bicyclic) bond motifs is 2. The topological polar surface area (TPSA) is 145 Å². The lowest BCUT2D eigenvalue weighted by Gasteiger charge is -2.44. The second-order valence-electron chi connectivity index (χ2n) is 11.8. The predicted octanol–water partition coefficient (Wildman–Crippen LogP) is 3.20. The van der Waals surface area contributed by atoms with Crippen LogP contribution >= 0.6 is 0 Å². The maximum atomic E-state index is 14.6. The minimum atomic E-state index is -6.01. The van der Waals surface area contributed by atoms with Gasteiger partial charge in [-0.3, -0.25) is 14.4 Å². The van der Waals surface area contributed by atoms with Crippen LogP contribution in [0.3, 0.4) is 0 Å². The SMILES string of the molecule is O=C(OC1C2OC(=O)C3C2OC1C3C(=O)Oc1c(F)c(F)c(S(=O)(=O)[O-])c(F)c1F)C1CC2c3ccccc3C1c1ccccc12. The molecule has 0 radical (unpaired) electrons. The molecule has 3 aliphatic carbocycles. The van der Waals surface area contributed by atoms with Crippen LogP contribution < -0.4 is 4.74 Å². The lowest BCUT2D eigenvalue weighted by Crippen LogP contribution is -2.49. The molecule has 0 spiro atoms. The number of ether oxygens (including phenoxy) is 4. The molecule has 0 aromatic heterocycles. The molecule has 7 atom stereocenters. The second-order valence-corrected chi connectivity index (χ2v) is 13.2. The van der Waals surface area contributed by atoms with Crippen molar-refractivity contribution < 1.29 is 63.9 Å². The molecule has 10 nitrogen and oxygen atoms in total. The molecule has 9 rings (SSSR count). The monoisotopic (exact) mass is 659 g/mol. The predicted molar refractivity (Wildman–Crippen MR) is 140 cm³/mol. The van der Waals surface area contributed by atoms with E-state index in [0.29, 0.717) is 6.42 Å². The first-order chi connectivity index (χ1) is 21.9. The first-order valence-electron chi connectivity index (χ1n) is 14.2. The Morgan fingerprint density at radius 3 is 1.93 bits per heavy atom. The van der Waals surface area contributed by atoms with E-state index < -0.39 is 104 Å². The van der Waals surface area contributed by atoms with Gasteiger partial charge < -0.3 is 23.5 Å². The summed E-state index contributed by atoms with van der Waals surface area (Å²) >= 11 is 0. The van der Waals surface area contributed by atoms with E-state index in [1.807, 2.05) is 48.5 Å². The molecule has 3 fully saturated rings. The van der Waals surface area contributed by atoms with Gasteiger partial charge in [0.1, 0.15) is 39.1 Å². The number of hydrogen-bond donors (Lipinski definition) is 0. The van der Waals surface area contributed by atoms with E-state index in [-0.39, 0.29) is 11.8 Å². The van der Waals surface area contributed by atoms with Crippen LogP contribution in [0.2, 0.25) is 0 Å². The Kier molecular flexibility index (Phi) is 6.22. The van der Waals surface area contributed by atoms with Gasteiger partial charge in [-0.05, 0) is 28.7 Å². The molecular formula is C31H19F4O10S-. The number of benzene rings is 3. The minimum absolute atomic E-state index is 0.0868. The number of halogens is 4. The fourth-order valence-electron chi connectivity index (χ4n) is 7.90. The Labute approximate surface area is 256 Å². The third-order valence-electron chi connectivity index (χ3n) is 9.67. The summed E-state index contributed by atoms with van der Waals surface area (Å²) in [4.78, 5) is 37.4. The van der Waals surface area contributed by atoms with Crippen LogP contribution in [0.25, 0.3) is 0 Å². The summed E-state index contributed by atoms with van der Waals surface area (Å²) < 4.78 is 113. The largest absolute Gasteiger partial charge is 0.744 e. The van der Waals surface area contributed by atoms with Crippen LogP contribution in [-0.4, -0.2) is 55.3 Å². The van der Waals surface area contributed by atoms with Gasteiger partial charge in [-0.25, -0.2) is 17.2 Å². The van der Waals surface area contributed by atoms with Crippen molar-refractivity contribution >= 4 is 28.0 Å². The normalized spacial score (nSPS) is 31.3. The number of carbonyl (C=O) groups is 3. The first-order valence-corrected chi connectivity index (χ1v) is 15.6. The van der Waals surface area contributed by atoms with Crippen LogP contribution in [0, 0.1) is 41.0 Å². The van der Waals surface area contributed by atoms with Crippen LogP contribution in [0.5, 0.6) is 5.75 Å². The van der Waals surface area contributed by atoms with Crippen LogP contribution in [0.4, 0.5) is 17.6 Å². The van der Waals surface area contributed by atoms with Gasteiger partial charge in [-0.2, -0.15) is 8.78 Å². The van der Waals surface area contributed by atoms with E-state index in [1.165, 1.54) is 0 Å². The zero-order valence-corrected chi connectivity index (χ0v) is 23.8. The molecule has 46 heavy (non-hydrogen) atoms. The highest BCUT2D eigenvalue weighted by atomic mass is 32.2. The quantitative estimate of drug-likeness (QED) is 0.132. The molecule has 3 saturated heterocycles. The molecule has 238 valence electrons. The van der Waals surface area contributed by atoms with E-state index in [9.17, 15) is 44.9 Å². The van der Waals surface area contributed by atoms with E-state index in [2.05, 4.69) is 4.74 Å². The van der Waals surface area contributed by atoms with Crippen molar-refractivity contribution in [2.45, 2.75) is 47.6 Å². The van der Waals surface area contributed by atoms with E-state index in [1.54, 1.807) is 0 Å². The first kappa shape index (κ1) is 29.1. The van der Waals surface area contributed by atoms with Crippen molar-refractivity contribution in [3.05, 3.63) is 94.1 Å². The molecule has 3 aromatic rings. The molecule has 6 aliphatic rings. The number of hydrogen-bond acceptors (Lipinski definition) is 10. The van der Waals surface area contributed by atoms with Gasteiger partial charge in [-0.15, -0.1) is 0 Å². The maximum Gasteiger partial charge on any atom is 0.318 e. The molecule has 4 bridgehead atoms. The van der Waals surface area contributed by atoms with Crippen molar-refractivity contribution in [2.24, 2.45) is 17.8 Å². The van der Waals surface area contributed by atoms with Gasteiger partial charge in [0.05, 0.1) is 5.92 Å². The molecule has 7 unspecified atom stereocenters. The van der Waals surface area contributed by atoms with Crippen LogP contribution in [0.15, 0.2) is 53.4 Å². The van der Waals surface area contributed by atoms with Gasteiger partial charge in [0.2, 0.25) is 17.4 Å². The van der Waals surface area contributed by atoms with Gasteiger partial charge in [-0.1, -0.05) is 48.5 Å². The summed E-state index contributed by atoms with van der Waals surface area (Å²) in [6.45, 7) is 0. The van der Waals surface area contributed by atoms with E-state index in [0.717, 1.165) is 22.3 Å². The molecule has 3 aromatic carbocycles. The standard InChI is InChI=1S/C31H20F4O10S/c32-19-21(34)28(46(39,40)41)22(35)20(33)25(19)43-30(37)17-18-24-27(45-31(18)38)26(23(17)42-24)44-29(36)15-9-14-10-5-1-3-7-12(10)16(15)13-8-4-2-6-11(13)14/h1-8,14-18,23-24,26-27H,9H2,(H,39,40,41)/p-1. The van der Waals surface area contributed by atoms with Crippen molar-refractivity contribution in [1.29, 1.82) is 0 Å². The zero-order chi connectivity index (χ0) is 32.4. The third kappa shape index (κ3) is 3.88. The molecule has 3 heterocycles. The van der Waals surface area contributed by atoms with Gasteiger partial charge >= 0.3 is 17.9 Å². The van der Waals surface area contributed by atoms with E-state index >= 15 is 0 Å². The fourth-order valence-corrected chi connectivity index (χ4v) is 8.52.